The van der Waals surface area contributed by atoms with Crippen molar-refractivity contribution in [2.45, 2.75) is 72.7 Å². The molecule has 0 amide bonds. The van der Waals surface area contributed by atoms with Crippen molar-refractivity contribution in [3.8, 4) is 11.8 Å². The zero-order valence-electron chi connectivity index (χ0n) is 20.6. The molecule has 1 heterocycles. The molecule has 1 aromatic carbocycles. The number of esters is 1. The van der Waals surface area contributed by atoms with Crippen molar-refractivity contribution >= 4 is 5.97 Å². The minimum atomic E-state index is -0.626. The first kappa shape index (κ1) is 25.0. The summed E-state index contributed by atoms with van der Waals surface area (Å²) in [5.41, 5.74) is 5.44. The highest BCUT2D eigenvalue weighted by atomic mass is 16.7. The standard InChI is InChI=1S/C29H36O4/c1-21(20-27-31-18-19-32-27)13-16-26(33-28(30)24-11-7-6-8-12-24)23(3)14-15-25-22(2)10-9-17-29(25,4)5/h6-8,11-12,14,20,26-27H,9-10,15,17-19H2,1-5H3/b21-20-,23-14+. The fourth-order valence-corrected chi connectivity index (χ4v) is 4.38. The van der Waals surface area contributed by atoms with Gasteiger partial charge in [0.1, 0.15) is 0 Å². The van der Waals surface area contributed by atoms with Crippen LogP contribution in [0.1, 0.15) is 70.7 Å². The number of allylic oxidation sites excluding steroid dienone is 4. The van der Waals surface area contributed by atoms with Crippen molar-refractivity contribution in [3.05, 3.63) is 70.3 Å². The average molecular weight is 449 g/mol. The van der Waals surface area contributed by atoms with Gasteiger partial charge in [0.25, 0.3) is 0 Å². The van der Waals surface area contributed by atoms with Crippen molar-refractivity contribution < 1.29 is 19.0 Å². The molecule has 0 spiro atoms. The Labute approximate surface area is 198 Å². The highest BCUT2D eigenvalue weighted by molar-refractivity contribution is 5.89. The lowest BCUT2D eigenvalue weighted by atomic mass is 9.71. The van der Waals surface area contributed by atoms with Crippen LogP contribution in [0.15, 0.2) is 64.8 Å². The highest BCUT2D eigenvalue weighted by Gasteiger charge is 2.27. The maximum Gasteiger partial charge on any atom is 0.339 e. The van der Waals surface area contributed by atoms with Gasteiger partial charge in [0.2, 0.25) is 0 Å². The third-order valence-electron chi connectivity index (χ3n) is 6.40. The van der Waals surface area contributed by atoms with E-state index in [1.54, 1.807) is 12.1 Å². The Morgan fingerprint density at radius 1 is 1.21 bits per heavy atom. The van der Waals surface area contributed by atoms with E-state index in [4.69, 9.17) is 14.2 Å². The third kappa shape index (κ3) is 7.19. The summed E-state index contributed by atoms with van der Waals surface area (Å²) >= 11 is 0. The first-order chi connectivity index (χ1) is 15.8. The molecule has 1 fully saturated rings. The molecule has 1 aromatic rings. The van der Waals surface area contributed by atoms with Gasteiger partial charge >= 0.3 is 5.97 Å². The van der Waals surface area contributed by atoms with Gasteiger partial charge in [0, 0.05) is 5.57 Å². The van der Waals surface area contributed by atoms with Crippen LogP contribution in [0.4, 0.5) is 0 Å². The minimum Gasteiger partial charge on any atom is -0.441 e. The first-order valence-corrected chi connectivity index (χ1v) is 11.8. The van der Waals surface area contributed by atoms with Crippen LogP contribution in [-0.2, 0) is 14.2 Å². The van der Waals surface area contributed by atoms with Crippen LogP contribution < -0.4 is 0 Å². The Morgan fingerprint density at radius 3 is 2.58 bits per heavy atom. The lowest BCUT2D eigenvalue weighted by Crippen LogP contribution is -2.21. The van der Waals surface area contributed by atoms with E-state index < -0.39 is 6.10 Å². The smallest absolute Gasteiger partial charge is 0.339 e. The summed E-state index contributed by atoms with van der Waals surface area (Å²) in [6.07, 6.45) is 7.50. The van der Waals surface area contributed by atoms with Gasteiger partial charge < -0.3 is 14.2 Å². The summed E-state index contributed by atoms with van der Waals surface area (Å²) in [6.45, 7) is 12.0. The maximum absolute atomic E-state index is 12.8. The highest BCUT2D eigenvalue weighted by Crippen LogP contribution is 2.42. The molecule has 0 aromatic heterocycles. The van der Waals surface area contributed by atoms with Crippen LogP contribution in [0.25, 0.3) is 0 Å². The topological polar surface area (TPSA) is 44.8 Å². The van der Waals surface area contributed by atoms with E-state index in [1.165, 1.54) is 24.0 Å². The number of hydrogen-bond donors (Lipinski definition) is 0. The van der Waals surface area contributed by atoms with E-state index in [-0.39, 0.29) is 17.7 Å². The van der Waals surface area contributed by atoms with Crippen molar-refractivity contribution in [2.75, 3.05) is 13.2 Å². The fraction of sp³-hybridized carbons (Fsp3) is 0.483. The normalized spacial score (nSPS) is 20.3. The SMILES string of the molecule is CC1=C(C/C=C(\C)C(C#C/C(C)=C\C2OCCO2)OC(=O)c2ccccc2)C(C)(C)CCC1. The second-order valence-electron chi connectivity index (χ2n) is 9.53. The largest absolute Gasteiger partial charge is 0.441 e. The average Bonchev–Trinajstić information content (AvgIpc) is 3.29. The van der Waals surface area contributed by atoms with Gasteiger partial charge in [-0.05, 0) is 81.6 Å². The van der Waals surface area contributed by atoms with Crippen LogP contribution in [0.5, 0.6) is 0 Å². The molecule has 1 saturated heterocycles. The Balaban J connectivity index is 1.81. The molecule has 0 saturated carbocycles. The number of hydrogen-bond acceptors (Lipinski definition) is 4. The Hall–Kier alpha value is -2.61. The monoisotopic (exact) mass is 448 g/mol. The second kappa shape index (κ2) is 11.5. The van der Waals surface area contributed by atoms with Crippen LogP contribution in [0.3, 0.4) is 0 Å². The summed E-state index contributed by atoms with van der Waals surface area (Å²) in [5, 5.41) is 0. The van der Waals surface area contributed by atoms with E-state index in [0.29, 0.717) is 18.8 Å². The van der Waals surface area contributed by atoms with Crippen molar-refractivity contribution in [3.63, 3.8) is 0 Å². The predicted molar refractivity (Wildman–Crippen MR) is 132 cm³/mol. The Kier molecular flexibility index (Phi) is 8.72. The Bertz CT molecular complexity index is 979. The van der Waals surface area contributed by atoms with Crippen LogP contribution in [0, 0.1) is 17.3 Å². The molecule has 3 rings (SSSR count). The summed E-state index contributed by atoms with van der Waals surface area (Å²) in [7, 11) is 0. The van der Waals surface area contributed by atoms with E-state index in [2.05, 4.69) is 38.7 Å². The summed E-state index contributed by atoms with van der Waals surface area (Å²) in [5.74, 6) is 5.91. The molecule has 33 heavy (non-hydrogen) atoms. The van der Waals surface area contributed by atoms with Gasteiger partial charge in [-0.2, -0.15) is 0 Å². The first-order valence-electron chi connectivity index (χ1n) is 11.8. The molecule has 4 heteroatoms. The molecule has 1 aliphatic heterocycles. The quantitative estimate of drug-likeness (QED) is 0.287. The molecule has 0 bridgehead atoms. The van der Waals surface area contributed by atoms with Gasteiger partial charge in [-0.25, -0.2) is 4.79 Å². The summed E-state index contributed by atoms with van der Waals surface area (Å²) < 4.78 is 16.8. The van der Waals surface area contributed by atoms with Crippen molar-refractivity contribution in [2.24, 2.45) is 5.41 Å². The summed E-state index contributed by atoms with van der Waals surface area (Å²) in [4.78, 5) is 12.8. The van der Waals surface area contributed by atoms with Crippen LogP contribution >= 0.6 is 0 Å². The maximum atomic E-state index is 12.8. The van der Waals surface area contributed by atoms with E-state index in [1.807, 2.05) is 38.1 Å². The summed E-state index contributed by atoms with van der Waals surface area (Å²) in [6, 6.07) is 9.04. The number of rotatable bonds is 6. The number of ether oxygens (including phenoxy) is 3. The molecular weight excluding hydrogens is 412 g/mol. The van der Waals surface area contributed by atoms with E-state index in [9.17, 15) is 4.79 Å². The van der Waals surface area contributed by atoms with Gasteiger partial charge in [-0.15, -0.1) is 0 Å². The zero-order chi connectivity index (χ0) is 23.8. The predicted octanol–water partition coefficient (Wildman–Crippen LogP) is 6.40. The molecule has 0 N–H and O–H groups in total. The van der Waals surface area contributed by atoms with Crippen molar-refractivity contribution in [1.82, 2.24) is 0 Å². The van der Waals surface area contributed by atoms with Gasteiger partial charge in [-0.1, -0.05) is 55.2 Å². The number of carbonyl (C=O) groups is 1. The van der Waals surface area contributed by atoms with Crippen LogP contribution in [-0.4, -0.2) is 31.6 Å². The molecule has 1 atom stereocenters. The van der Waals surface area contributed by atoms with Crippen LogP contribution in [0.2, 0.25) is 0 Å². The second-order valence-corrected chi connectivity index (χ2v) is 9.53. The molecule has 1 aliphatic carbocycles. The van der Waals surface area contributed by atoms with Gasteiger partial charge in [0.05, 0.1) is 18.8 Å². The zero-order valence-corrected chi connectivity index (χ0v) is 20.6. The third-order valence-corrected chi connectivity index (χ3v) is 6.40. The minimum absolute atomic E-state index is 0.196. The van der Waals surface area contributed by atoms with Gasteiger partial charge in [-0.3, -0.25) is 0 Å². The molecule has 2 aliphatic rings. The number of benzene rings is 1. The van der Waals surface area contributed by atoms with E-state index in [0.717, 1.165) is 24.0 Å². The lowest BCUT2D eigenvalue weighted by molar-refractivity contribution is -0.00194. The lowest BCUT2D eigenvalue weighted by Gasteiger charge is -2.34. The van der Waals surface area contributed by atoms with Gasteiger partial charge in [0.15, 0.2) is 12.4 Å². The molecule has 1 unspecified atom stereocenters. The molecular formula is C29H36O4. The molecule has 176 valence electrons. The molecule has 0 radical (unpaired) electrons. The van der Waals surface area contributed by atoms with E-state index >= 15 is 0 Å². The fourth-order valence-electron chi connectivity index (χ4n) is 4.38. The molecule has 4 nitrogen and oxygen atoms in total. The van der Waals surface area contributed by atoms with Crippen molar-refractivity contribution in [1.29, 1.82) is 0 Å². The number of carbonyl (C=O) groups excluding carboxylic acids is 1. The Morgan fingerprint density at radius 2 is 1.91 bits per heavy atom.